The summed E-state index contributed by atoms with van der Waals surface area (Å²) in [7, 11) is 0. The molecule has 1 N–H and O–H groups in total. The number of nitrogens with one attached hydrogen (secondary N) is 1. The molecule has 3 amide bonds. The molecule has 0 aromatic carbocycles. The summed E-state index contributed by atoms with van der Waals surface area (Å²) in [6.45, 7) is 4.16. The first kappa shape index (κ1) is 15.3. The highest BCUT2D eigenvalue weighted by atomic mass is 16.2. The van der Waals surface area contributed by atoms with Gasteiger partial charge in [-0.3, -0.25) is 14.4 Å². The monoisotopic (exact) mass is 308 g/mol. The Morgan fingerprint density at radius 2 is 2.00 bits per heavy atom. The summed E-state index contributed by atoms with van der Waals surface area (Å²) < 4.78 is 0. The van der Waals surface area contributed by atoms with Gasteiger partial charge in [0.1, 0.15) is 0 Å². The van der Waals surface area contributed by atoms with Crippen LogP contribution in [0.2, 0.25) is 0 Å². The highest BCUT2D eigenvalue weighted by Crippen LogP contribution is 2.18. The van der Waals surface area contributed by atoms with Gasteiger partial charge in [0.25, 0.3) is 0 Å². The number of carbonyl (C=O) groups is 3. The van der Waals surface area contributed by atoms with Crippen LogP contribution in [0.25, 0.3) is 0 Å². The van der Waals surface area contributed by atoms with Crippen molar-refractivity contribution < 1.29 is 14.4 Å². The molecule has 122 valence electrons. The Bertz CT molecular complexity index is 468. The van der Waals surface area contributed by atoms with Gasteiger partial charge < -0.3 is 20.0 Å². The lowest BCUT2D eigenvalue weighted by atomic mass is 10.0. The van der Waals surface area contributed by atoms with Crippen molar-refractivity contribution in [3.63, 3.8) is 0 Å². The van der Waals surface area contributed by atoms with Gasteiger partial charge in [0.15, 0.2) is 0 Å². The molecule has 3 aliphatic rings. The summed E-state index contributed by atoms with van der Waals surface area (Å²) in [6.07, 6.45) is 3.29. The number of likely N-dealkylation sites (tertiary alicyclic amines) is 2. The van der Waals surface area contributed by atoms with Crippen LogP contribution >= 0.6 is 0 Å². The maximum atomic E-state index is 12.4. The topological polar surface area (TPSA) is 73.0 Å². The largest absolute Gasteiger partial charge is 0.339 e. The molecule has 3 saturated heterocycles. The third-order valence-electron chi connectivity index (χ3n) is 4.81. The van der Waals surface area contributed by atoms with Gasteiger partial charge >= 0.3 is 0 Å². The van der Waals surface area contributed by atoms with Crippen molar-refractivity contribution in [1.82, 2.24) is 20.0 Å². The van der Waals surface area contributed by atoms with Gasteiger partial charge in [-0.25, -0.2) is 0 Å². The average Bonchev–Trinajstić information content (AvgIpc) is 2.93. The van der Waals surface area contributed by atoms with Crippen LogP contribution in [0.15, 0.2) is 0 Å². The van der Waals surface area contributed by atoms with E-state index >= 15 is 0 Å². The molecule has 7 nitrogen and oxygen atoms in total. The zero-order chi connectivity index (χ0) is 15.5. The molecule has 0 spiro atoms. The highest BCUT2D eigenvalue weighted by molar-refractivity contribution is 5.86. The molecule has 0 aromatic rings. The Morgan fingerprint density at radius 1 is 1.14 bits per heavy atom. The van der Waals surface area contributed by atoms with Crippen LogP contribution in [0, 0.1) is 0 Å². The van der Waals surface area contributed by atoms with Crippen molar-refractivity contribution in [2.75, 3.05) is 45.8 Å². The minimum atomic E-state index is 0.0162. The fourth-order valence-electron chi connectivity index (χ4n) is 3.58. The SMILES string of the molecule is O=C1CCCN1CC(=O)N1CCCC(N2CCNCC2=O)C1. The van der Waals surface area contributed by atoms with Crippen molar-refractivity contribution in [3.8, 4) is 0 Å². The molecule has 22 heavy (non-hydrogen) atoms. The molecule has 3 fully saturated rings. The molecule has 0 aromatic heterocycles. The first-order valence-electron chi connectivity index (χ1n) is 8.21. The van der Waals surface area contributed by atoms with Crippen molar-refractivity contribution in [2.45, 2.75) is 31.7 Å². The van der Waals surface area contributed by atoms with E-state index in [1.807, 2.05) is 9.80 Å². The van der Waals surface area contributed by atoms with E-state index in [2.05, 4.69) is 5.32 Å². The number of rotatable bonds is 3. The van der Waals surface area contributed by atoms with Gasteiger partial charge in [-0.05, 0) is 19.3 Å². The van der Waals surface area contributed by atoms with E-state index in [0.29, 0.717) is 26.1 Å². The number of amides is 3. The van der Waals surface area contributed by atoms with Gasteiger partial charge in [-0.2, -0.15) is 0 Å². The second-order valence-corrected chi connectivity index (χ2v) is 6.32. The van der Waals surface area contributed by atoms with Crippen LogP contribution in [0.3, 0.4) is 0 Å². The standard InChI is InChI=1S/C15H24N4O3/c20-13-4-2-7-18(13)11-15(22)17-6-1-3-12(10-17)19-8-5-16-9-14(19)21/h12,16H,1-11H2. The number of piperidine rings is 1. The lowest BCUT2D eigenvalue weighted by molar-refractivity contribution is -0.142. The van der Waals surface area contributed by atoms with Crippen molar-refractivity contribution >= 4 is 17.7 Å². The van der Waals surface area contributed by atoms with Crippen LogP contribution in [-0.4, -0.2) is 84.3 Å². The van der Waals surface area contributed by atoms with Crippen molar-refractivity contribution in [2.24, 2.45) is 0 Å². The van der Waals surface area contributed by atoms with Crippen LogP contribution in [-0.2, 0) is 14.4 Å². The molecule has 0 aliphatic carbocycles. The molecule has 3 aliphatic heterocycles. The third kappa shape index (κ3) is 3.24. The Hall–Kier alpha value is -1.63. The smallest absolute Gasteiger partial charge is 0.242 e. The molecule has 7 heteroatoms. The van der Waals surface area contributed by atoms with E-state index in [1.165, 1.54) is 0 Å². The van der Waals surface area contributed by atoms with E-state index in [4.69, 9.17) is 0 Å². The van der Waals surface area contributed by atoms with E-state index in [0.717, 1.165) is 38.9 Å². The van der Waals surface area contributed by atoms with Crippen LogP contribution < -0.4 is 5.32 Å². The molecule has 3 rings (SSSR count). The fraction of sp³-hybridized carbons (Fsp3) is 0.800. The second kappa shape index (κ2) is 6.64. The average molecular weight is 308 g/mol. The predicted molar refractivity (Wildman–Crippen MR) is 80.0 cm³/mol. The second-order valence-electron chi connectivity index (χ2n) is 6.32. The van der Waals surface area contributed by atoms with E-state index in [-0.39, 0.29) is 30.3 Å². The molecule has 0 bridgehead atoms. The molecule has 1 unspecified atom stereocenters. The molecule has 0 saturated carbocycles. The van der Waals surface area contributed by atoms with Gasteiger partial charge in [0.2, 0.25) is 17.7 Å². The molecule has 0 radical (unpaired) electrons. The van der Waals surface area contributed by atoms with Crippen LogP contribution in [0.1, 0.15) is 25.7 Å². The Balaban J connectivity index is 1.56. The number of nitrogens with zero attached hydrogens (tertiary/aromatic N) is 3. The fourth-order valence-corrected chi connectivity index (χ4v) is 3.58. The number of hydrogen-bond donors (Lipinski definition) is 1. The van der Waals surface area contributed by atoms with Crippen molar-refractivity contribution in [3.05, 3.63) is 0 Å². The molecular weight excluding hydrogens is 284 g/mol. The highest BCUT2D eigenvalue weighted by Gasteiger charge is 2.32. The zero-order valence-electron chi connectivity index (χ0n) is 12.9. The summed E-state index contributed by atoms with van der Waals surface area (Å²) in [6, 6.07) is 0.126. The Labute approximate surface area is 130 Å². The lowest BCUT2D eigenvalue weighted by Gasteiger charge is -2.41. The number of hydrogen-bond acceptors (Lipinski definition) is 4. The van der Waals surface area contributed by atoms with Gasteiger partial charge in [0.05, 0.1) is 13.1 Å². The molecular formula is C15H24N4O3. The van der Waals surface area contributed by atoms with E-state index in [1.54, 1.807) is 4.90 Å². The van der Waals surface area contributed by atoms with Gasteiger partial charge in [-0.1, -0.05) is 0 Å². The van der Waals surface area contributed by atoms with Gasteiger partial charge in [-0.15, -0.1) is 0 Å². The lowest BCUT2D eigenvalue weighted by Crippen LogP contribution is -2.58. The maximum Gasteiger partial charge on any atom is 0.242 e. The quantitative estimate of drug-likeness (QED) is 0.728. The number of piperazine rings is 1. The maximum absolute atomic E-state index is 12.4. The normalized spacial score (nSPS) is 26.7. The molecule has 3 heterocycles. The summed E-state index contributed by atoms with van der Waals surface area (Å²) in [5.41, 5.74) is 0. The summed E-state index contributed by atoms with van der Waals surface area (Å²) in [5, 5.41) is 3.07. The minimum absolute atomic E-state index is 0.0162. The van der Waals surface area contributed by atoms with E-state index < -0.39 is 0 Å². The predicted octanol–water partition coefficient (Wildman–Crippen LogP) is -0.968. The first-order valence-corrected chi connectivity index (χ1v) is 8.21. The zero-order valence-corrected chi connectivity index (χ0v) is 12.9. The van der Waals surface area contributed by atoms with E-state index in [9.17, 15) is 14.4 Å². The first-order chi connectivity index (χ1) is 10.6. The van der Waals surface area contributed by atoms with Crippen LogP contribution in [0.4, 0.5) is 0 Å². The Morgan fingerprint density at radius 3 is 2.73 bits per heavy atom. The number of carbonyl (C=O) groups excluding carboxylic acids is 3. The summed E-state index contributed by atoms with van der Waals surface area (Å²) >= 11 is 0. The summed E-state index contributed by atoms with van der Waals surface area (Å²) in [4.78, 5) is 41.5. The third-order valence-corrected chi connectivity index (χ3v) is 4.81. The summed E-state index contributed by atoms with van der Waals surface area (Å²) in [5.74, 6) is 0.224. The Kier molecular flexibility index (Phi) is 4.61. The molecule has 1 atom stereocenters. The van der Waals surface area contributed by atoms with Gasteiger partial charge in [0, 0.05) is 45.2 Å². The van der Waals surface area contributed by atoms with Crippen LogP contribution in [0.5, 0.6) is 0 Å². The van der Waals surface area contributed by atoms with Crippen molar-refractivity contribution in [1.29, 1.82) is 0 Å². The minimum Gasteiger partial charge on any atom is -0.339 e.